The summed E-state index contributed by atoms with van der Waals surface area (Å²) in [5.41, 5.74) is 5.88. The summed E-state index contributed by atoms with van der Waals surface area (Å²) in [6, 6.07) is 0. The molecule has 0 saturated carbocycles. The van der Waals surface area contributed by atoms with Crippen molar-refractivity contribution in [3.05, 3.63) is 0 Å². The number of hydrogen-bond donors (Lipinski definition) is 1. The molecule has 0 saturated heterocycles. The van der Waals surface area contributed by atoms with Gasteiger partial charge in [0.1, 0.15) is 0 Å². The van der Waals surface area contributed by atoms with Crippen molar-refractivity contribution in [3.63, 3.8) is 0 Å². The molecule has 0 heterocycles. The van der Waals surface area contributed by atoms with Gasteiger partial charge in [-0.3, -0.25) is 0 Å². The van der Waals surface area contributed by atoms with Gasteiger partial charge in [-0.2, -0.15) is 0 Å². The molecule has 0 atom stereocenters. The highest BCUT2D eigenvalue weighted by Crippen LogP contribution is 2.04. The lowest BCUT2D eigenvalue weighted by atomic mass is 10.0. The molecular formula is C11H26N2O. The standard InChI is InChI=1S/C11H26N2O/c1-5-13(9-10-14-6-2)8-7-11(3,4)12/h5-10,12H2,1-4H3. The van der Waals surface area contributed by atoms with Crippen LogP contribution in [0.15, 0.2) is 0 Å². The Morgan fingerprint density at radius 2 is 1.86 bits per heavy atom. The molecule has 86 valence electrons. The second-order valence-electron chi connectivity index (χ2n) is 4.37. The lowest BCUT2D eigenvalue weighted by Crippen LogP contribution is -2.38. The van der Waals surface area contributed by atoms with E-state index in [2.05, 4.69) is 25.7 Å². The van der Waals surface area contributed by atoms with Gasteiger partial charge in [0, 0.05) is 18.7 Å². The Labute approximate surface area is 88.6 Å². The Balaban J connectivity index is 3.58. The molecule has 0 aliphatic carbocycles. The Morgan fingerprint density at radius 3 is 2.29 bits per heavy atom. The van der Waals surface area contributed by atoms with Crippen LogP contribution in [0, 0.1) is 0 Å². The lowest BCUT2D eigenvalue weighted by molar-refractivity contribution is 0.112. The summed E-state index contributed by atoms with van der Waals surface area (Å²) in [5.74, 6) is 0. The molecule has 0 aliphatic rings. The maximum Gasteiger partial charge on any atom is 0.0593 e. The van der Waals surface area contributed by atoms with Crippen molar-refractivity contribution in [1.82, 2.24) is 4.90 Å². The fourth-order valence-corrected chi connectivity index (χ4v) is 1.21. The highest BCUT2D eigenvalue weighted by Gasteiger charge is 2.12. The van der Waals surface area contributed by atoms with Crippen LogP contribution in [-0.4, -0.2) is 43.3 Å². The topological polar surface area (TPSA) is 38.5 Å². The Kier molecular flexibility index (Phi) is 7.15. The van der Waals surface area contributed by atoms with Gasteiger partial charge >= 0.3 is 0 Å². The zero-order valence-corrected chi connectivity index (χ0v) is 10.2. The number of nitrogens with zero attached hydrogens (tertiary/aromatic N) is 1. The first kappa shape index (κ1) is 13.9. The minimum absolute atomic E-state index is 0.0565. The van der Waals surface area contributed by atoms with Gasteiger partial charge in [0.05, 0.1) is 6.61 Å². The number of hydrogen-bond acceptors (Lipinski definition) is 3. The largest absolute Gasteiger partial charge is 0.380 e. The van der Waals surface area contributed by atoms with Gasteiger partial charge in [-0.05, 0) is 40.3 Å². The predicted molar refractivity (Wildman–Crippen MR) is 61.5 cm³/mol. The Hall–Kier alpha value is -0.120. The van der Waals surface area contributed by atoms with E-state index in [1.165, 1.54) is 0 Å². The molecular weight excluding hydrogens is 176 g/mol. The SMILES string of the molecule is CCOCCN(CC)CCC(C)(C)N. The molecule has 0 aromatic carbocycles. The van der Waals surface area contributed by atoms with Crippen molar-refractivity contribution in [2.75, 3.05) is 32.8 Å². The fraction of sp³-hybridized carbons (Fsp3) is 1.00. The van der Waals surface area contributed by atoms with E-state index in [4.69, 9.17) is 10.5 Å². The van der Waals surface area contributed by atoms with Crippen LogP contribution in [0.5, 0.6) is 0 Å². The van der Waals surface area contributed by atoms with Gasteiger partial charge in [0.2, 0.25) is 0 Å². The molecule has 2 N–H and O–H groups in total. The van der Waals surface area contributed by atoms with Crippen LogP contribution in [0.1, 0.15) is 34.1 Å². The molecule has 0 aromatic rings. The average molecular weight is 202 g/mol. The van der Waals surface area contributed by atoms with E-state index >= 15 is 0 Å². The molecule has 0 unspecified atom stereocenters. The number of likely N-dealkylation sites (N-methyl/N-ethyl adjacent to an activating group) is 1. The second kappa shape index (κ2) is 7.21. The lowest BCUT2D eigenvalue weighted by Gasteiger charge is -2.25. The van der Waals surface area contributed by atoms with Crippen LogP contribution in [0.4, 0.5) is 0 Å². The van der Waals surface area contributed by atoms with E-state index in [0.29, 0.717) is 0 Å². The van der Waals surface area contributed by atoms with E-state index < -0.39 is 0 Å². The maximum absolute atomic E-state index is 5.94. The third kappa shape index (κ3) is 8.48. The fourth-order valence-electron chi connectivity index (χ4n) is 1.21. The van der Waals surface area contributed by atoms with Crippen molar-refractivity contribution in [2.24, 2.45) is 5.73 Å². The first-order valence-electron chi connectivity index (χ1n) is 5.58. The van der Waals surface area contributed by atoms with Gasteiger partial charge < -0.3 is 15.4 Å². The van der Waals surface area contributed by atoms with Gasteiger partial charge in [-0.1, -0.05) is 6.92 Å². The molecule has 0 aliphatic heterocycles. The van der Waals surface area contributed by atoms with Crippen LogP contribution in [0.2, 0.25) is 0 Å². The summed E-state index contributed by atoms with van der Waals surface area (Å²) >= 11 is 0. The monoisotopic (exact) mass is 202 g/mol. The average Bonchev–Trinajstić information content (AvgIpc) is 2.09. The minimum atomic E-state index is -0.0565. The zero-order chi connectivity index (χ0) is 11.0. The van der Waals surface area contributed by atoms with Crippen molar-refractivity contribution in [2.45, 2.75) is 39.7 Å². The number of ether oxygens (including phenoxy) is 1. The van der Waals surface area contributed by atoms with Crippen molar-refractivity contribution >= 4 is 0 Å². The molecule has 0 bridgehead atoms. The zero-order valence-electron chi connectivity index (χ0n) is 10.2. The molecule has 0 radical (unpaired) electrons. The summed E-state index contributed by atoms with van der Waals surface area (Å²) in [4.78, 5) is 2.38. The van der Waals surface area contributed by atoms with Gasteiger partial charge in [-0.15, -0.1) is 0 Å². The quantitative estimate of drug-likeness (QED) is 0.606. The molecule has 3 heteroatoms. The number of rotatable bonds is 8. The molecule has 0 spiro atoms. The number of nitrogens with two attached hydrogens (primary N) is 1. The van der Waals surface area contributed by atoms with Gasteiger partial charge in [-0.25, -0.2) is 0 Å². The van der Waals surface area contributed by atoms with Crippen LogP contribution in [-0.2, 0) is 4.74 Å². The van der Waals surface area contributed by atoms with Gasteiger partial charge in [0.25, 0.3) is 0 Å². The summed E-state index contributed by atoms with van der Waals surface area (Å²) in [6.07, 6.45) is 1.03. The van der Waals surface area contributed by atoms with E-state index in [0.717, 1.165) is 39.3 Å². The molecule has 14 heavy (non-hydrogen) atoms. The third-order valence-corrected chi connectivity index (χ3v) is 2.28. The first-order chi connectivity index (χ1) is 6.49. The molecule has 0 amide bonds. The smallest absolute Gasteiger partial charge is 0.0593 e. The highest BCUT2D eigenvalue weighted by atomic mass is 16.5. The Bertz CT molecular complexity index is 132. The van der Waals surface area contributed by atoms with Crippen molar-refractivity contribution in [3.8, 4) is 0 Å². The van der Waals surface area contributed by atoms with Gasteiger partial charge in [0.15, 0.2) is 0 Å². The van der Waals surface area contributed by atoms with E-state index in [-0.39, 0.29) is 5.54 Å². The van der Waals surface area contributed by atoms with E-state index in [9.17, 15) is 0 Å². The second-order valence-corrected chi connectivity index (χ2v) is 4.37. The van der Waals surface area contributed by atoms with Crippen molar-refractivity contribution < 1.29 is 4.74 Å². The molecule has 3 nitrogen and oxygen atoms in total. The normalized spacial score (nSPS) is 12.4. The summed E-state index contributed by atoms with van der Waals surface area (Å²) in [5, 5.41) is 0. The first-order valence-corrected chi connectivity index (χ1v) is 5.58. The van der Waals surface area contributed by atoms with E-state index in [1.54, 1.807) is 0 Å². The third-order valence-electron chi connectivity index (χ3n) is 2.28. The van der Waals surface area contributed by atoms with Crippen LogP contribution in [0.3, 0.4) is 0 Å². The molecule has 0 fully saturated rings. The maximum atomic E-state index is 5.94. The van der Waals surface area contributed by atoms with Crippen LogP contribution >= 0.6 is 0 Å². The van der Waals surface area contributed by atoms with Crippen LogP contribution < -0.4 is 5.73 Å². The molecule has 0 aromatic heterocycles. The Morgan fingerprint density at radius 1 is 1.21 bits per heavy atom. The predicted octanol–water partition coefficient (Wildman–Crippen LogP) is 1.47. The van der Waals surface area contributed by atoms with E-state index in [1.807, 2.05) is 6.92 Å². The molecule has 0 rings (SSSR count). The highest BCUT2D eigenvalue weighted by molar-refractivity contribution is 4.73. The summed E-state index contributed by atoms with van der Waals surface area (Å²) in [7, 11) is 0. The minimum Gasteiger partial charge on any atom is -0.380 e. The summed E-state index contributed by atoms with van der Waals surface area (Å²) in [6.45, 7) is 13.1. The van der Waals surface area contributed by atoms with Crippen molar-refractivity contribution in [1.29, 1.82) is 0 Å². The van der Waals surface area contributed by atoms with Crippen LogP contribution in [0.25, 0.3) is 0 Å². The summed E-state index contributed by atoms with van der Waals surface area (Å²) < 4.78 is 5.32.